The Morgan fingerprint density at radius 3 is 2.21 bits per heavy atom. The SMILES string of the molecule is C=C[SiH2]CCC(OCCC)OCCC. The van der Waals surface area contributed by atoms with E-state index in [1.165, 1.54) is 6.04 Å². The van der Waals surface area contributed by atoms with E-state index in [2.05, 4.69) is 26.1 Å². The largest absolute Gasteiger partial charge is 0.353 e. The normalized spacial score (nSPS) is 11.6. The first kappa shape index (κ1) is 13.9. The molecule has 0 amide bonds. The minimum atomic E-state index is -0.0637. The highest BCUT2D eigenvalue weighted by Gasteiger charge is 2.07. The third-order valence-corrected chi connectivity index (χ3v) is 3.09. The highest BCUT2D eigenvalue weighted by molar-refractivity contribution is 6.41. The van der Waals surface area contributed by atoms with Crippen molar-refractivity contribution in [3.05, 3.63) is 12.3 Å². The van der Waals surface area contributed by atoms with Crippen LogP contribution in [0.15, 0.2) is 12.3 Å². The molecular weight excluding hydrogens is 192 g/mol. The second-order valence-corrected chi connectivity index (χ2v) is 5.25. The molecule has 0 saturated carbocycles. The van der Waals surface area contributed by atoms with Crippen LogP contribution >= 0.6 is 0 Å². The van der Waals surface area contributed by atoms with Crippen LogP contribution in [0.1, 0.15) is 33.1 Å². The first-order valence-electron chi connectivity index (χ1n) is 5.69. The van der Waals surface area contributed by atoms with Crippen molar-refractivity contribution < 1.29 is 9.47 Å². The first-order chi connectivity index (χ1) is 6.85. The van der Waals surface area contributed by atoms with Gasteiger partial charge in [-0.2, -0.15) is 0 Å². The fourth-order valence-corrected chi connectivity index (χ4v) is 2.00. The summed E-state index contributed by atoms with van der Waals surface area (Å²) in [6, 6.07) is 1.24. The van der Waals surface area contributed by atoms with Crippen molar-refractivity contribution in [3.8, 4) is 0 Å². The average Bonchev–Trinajstić information content (AvgIpc) is 2.21. The quantitative estimate of drug-likeness (QED) is 0.317. The predicted octanol–water partition coefficient (Wildman–Crippen LogP) is 2.29. The lowest BCUT2D eigenvalue weighted by Gasteiger charge is -2.17. The molecule has 0 aromatic heterocycles. The van der Waals surface area contributed by atoms with Gasteiger partial charge in [0.2, 0.25) is 0 Å². The molecule has 0 atom stereocenters. The molecule has 0 aromatic carbocycles. The fraction of sp³-hybridized carbons (Fsp3) is 0.818. The standard InChI is InChI=1S/C11H24O2Si/c1-4-8-12-11(13-9-5-2)7-10-14-6-3/h6,11H,3-5,7-10,14H2,1-2H3. The van der Waals surface area contributed by atoms with Crippen molar-refractivity contribution in [2.75, 3.05) is 13.2 Å². The summed E-state index contributed by atoms with van der Waals surface area (Å²) in [6.07, 6.45) is 3.19. The van der Waals surface area contributed by atoms with Crippen LogP contribution in [0.25, 0.3) is 0 Å². The fourth-order valence-electron chi connectivity index (χ4n) is 1.14. The molecule has 0 aliphatic rings. The van der Waals surface area contributed by atoms with Crippen LogP contribution in [-0.2, 0) is 9.47 Å². The lowest BCUT2D eigenvalue weighted by Crippen LogP contribution is -2.18. The average molecular weight is 216 g/mol. The van der Waals surface area contributed by atoms with Crippen LogP contribution in [-0.4, -0.2) is 29.0 Å². The van der Waals surface area contributed by atoms with Crippen LogP contribution in [0.3, 0.4) is 0 Å². The molecule has 2 nitrogen and oxygen atoms in total. The summed E-state index contributed by atoms with van der Waals surface area (Å²) in [4.78, 5) is 0. The molecule has 0 radical (unpaired) electrons. The summed E-state index contributed by atoms with van der Waals surface area (Å²) < 4.78 is 11.2. The Hall–Kier alpha value is -0.123. The van der Waals surface area contributed by atoms with E-state index in [-0.39, 0.29) is 15.8 Å². The number of hydrogen-bond acceptors (Lipinski definition) is 2. The zero-order valence-electron chi connectivity index (χ0n) is 9.63. The van der Waals surface area contributed by atoms with Gasteiger partial charge in [-0.05, 0) is 19.3 Å². The highest BCUT2D eigenvalue weighted by Crippen LogP contribution is 2.06. The van der Waals surface area contributed by atoms with Crippen molar-refractivity contribution >= 4 is 9.52 Å². The summed E-state index contributed by atoms with van der Waals surface area (Å²) >= 11 is 0. The molecule has 0 aliphatic carbocycles. The molecule has 3 heteroatoms. The van der Waals surface area contributed by atoms with E-state index in [1.54, 1.807) is 0 Å². The van der Waals surface area contributed by atoms with Crippen LogP contribution < -0.4 is 0 Å². The summed E-state index contributed by atoms with van der Waals surface area (Å²) in [5.41, 5.74) is 2.08. The Morgan fingerprint density at radius 1 is 1.21 bits per heavy atom. The van der Waals surface area contributed by atoms with Crippen molar-refractivity contribution in [1.29, 1.82) is 0 Å². The molecule has 0 unspecified atom stereocenters. The number of rotatable bonds is 10. The van der Waals surface area contributed by atoms with Gasteiger partial charge in [-0.1, -0.05) is 19.9 Å². The molecule has 0 saturated heterocycles. The van der Waals surface area contributed by atoms with Gasteiger partial charge in [-0.15, -0.1) is 12.3 Å². The van der Waals surface area contributed by atoms with E-state index in [1.807, 2.05) is 0 Å². The van der Waals surface area contributed by atoms with Crippen LogP contribution in [0.4, 0.5) is 0 Å². The number of hydrogen-bond donors (Lipinski definition) is 0. The smallest absolute Gasteiger partial charge is 0.157 e. The Labute approximate surface area is 90.5 Å². The zero-order valence-corrected chi connectivity index (χ0v) is 11.0. The summed E-state index contributed by atoms with van der Waals surface area (Å²) in [6.45, 7) is 9.62. The maximum atomic E-state index is 5.61. The van der Waals surface area contributed by atoms with E-state index < -0.39 is 0 Å². The maximum absolute atomic E-state index is 5.61. The van der Waals surface area contributed by atoms with Crippen LogP contribution in [0.5, 0.6) is 0 Å². The van der Waals surface area contributed by atoms with Gasteiger partial charge in [-0.25, -0.2) is 0 Å². The van der Waals surface area contributed by atoms with Gasteiger partial charge in [0.05, 0.1) is 0 Å². The predicted molar refractivity (Wildman–Crippen MR) is 64.4 cm³/mol. The molecular formula is C11H24O2Si. The van der Waals surface area contributed by atoms with Crippen molar-refractivity contribution in [2.24, 2.45) is 0 Å². The molecule has 14 heavy (non-hydrogen) atoms. The van der Waals surface area contributed by atoms with Crippen molar-refractivity contribution in [3.63, 3.8) is 0 Å². The summed E-state index contributed by atoms with van der Waals surface area (Å²) in [7, 11) is -0.0637. The maximum Gasteiger partial charge on any atom is 0.157 e. The van der Waals surface area contributed by atoms with Crippen molar-refractivity contribution in [1.82, 2.24) is 0 Å². The van der Waals surface area contributed by atoms with E-state index >= 15 is 0 Å². The van der Waals surface area contributed by atoms with Gasteiger partial charge in [0.15, 0.2) is 6.29 Å². The Bertz CT molecular complexity index is 120. The Kier molecular flexibility index (Phi) is 10.9. The zero-order chi connectivity index (χ0) is 10.6. The van der Waals surface area contributed by atoms with E-state index in [9.17, 15) is 0 Å². The van der Waals surface area contributed by atoms with Gasteiger partial charge in [0.25, 0.3) is 0 Å². The molecule has 0 rings (SSSR count). The molecule has 0 N–H and O–H groups in total. The first-order valence-corrected chi connectivity index (χ1v) is 7.50. The van der Waals surface area contributed by atoms with Crippen molar-refractivity contribution in [2.45, 2.75) is 45.4 Å². The van der Waals surface area contributed by atoms with E-state index in [0.29, 0.717) is 0 Å². The topological polar surface area (TPSA) is 18.5 Å². The second-order valence-electron chi connectivity index (χ2n) is 3.39. The minimum Gasteiger partial charge on any atom is -0.353 e. The number of ether oxygens (including phenoxy) is 2. The molecule has 0 aliphatic heterocycles. The van der Waals surface area contributed by atoms with Gasteiger partial charge in [0, 0.05) is 22.7 Å². The molecule has 84 valence electrons. The second kappa shape index (κ2) is 11.0. The minimum absolute atomic E-state index is 0.0300. The monoisotopic (exact) mass is 216 g/mol. The Balaban J connectivity index is 3.54. The lowest BCUT2D eigenvalue weighted by molar-refractivity contribution is -0.143. The van der Waals surface area contributed by atoms with E-state index in [0.717, 1.165) is 32.5 Å². The Morgan fingerprint density at radius 2 is 1.79 bits per heavy atom. The summed E-state index contributed by atoms with van der Waals surface area (Å²) in [5, 5.41) is 0. The molecule has 0 spiro atoms. The third kappa shape index (κ3) is 8.47. The summed E-state index contributed by atoms with van der Waals surface area (Å²) in [5.74, 6) is 0. The molecule has 0 aromatic rings. The van der Waals surface area contributed by atoms with Gasteiger partial charge >= 0.3 is 0 Å². The van der Waals surface area contributed by atoms with E-state index in [4.69, 9.17) is 9.47 Å². The van der Waals surface area contributed by atoms with Crippen LogP contribution in [0.2, 0.25) is 6.04 Å². The van der Waals surface area contributed by atoms with Crippen LogP contribution in [0, 0.1) is 0 Å². The highest BCUT2D eigenvalue weighted by atomic mass is 28.2. The van der Waals surface area contributed by atoms with Gasteiger partial charge < -0.3 is 9.47 Å². The molecule has 0 bridgehead atoms. The van der Waals surface area contributed by atoms with Gasteiger partial charge in [0.1, 0.15) is 0 Å². The lowest BCUT2D eigenvalue weighted by atomic mass is 10.4. The molecule has 0 fully saturated rings. The molecule has 0 heterocycles. The third-order valence-electron chi connectivity index (χ3n) is 1.86. The van der Waals surface area contributed by atoms with Gasteiger partial charge in [-0.3, -0.25) is 0 Å².